The van der Waals surface area contributed by atoms with Gasteiger partial charge in [0, 0.05) is 5.69 Å². The Balaban J connectivity index is 1.88. The summed E-state index contributed by atoms with van der Waals surface area (Å²) in [4.78, 5) is 0. The molecule has 0 bridgehead atoms. The van der Waals surface area contributed by atoms with Crippen molar-refractivity contribution in [3.63, 3.8) is 0 Å². The Morgan fingerprint density at radius 3 is 2.80 bits per heavy atom. The fraction of sp³-hybridized carbons (Fsp3) is 0.294. The van der Waals surface area contributed by atoms with Crippen molar-refractivity contribution < 1.29 is 5.11 Å². The molecule has 3 heteroatoms. The molecule has 3 rings (SSSR count). The fourth-order valence-electron chi connectivity index (χ4n) is 2.87. The Labute approximate surface area is 124 Å². The number of aromatic hydroxyl groups is 1. The molecule has 0 aromatic heterocycles. The third kappa shape index (κ3) is 2.75. The van der Waals surface area contributed by atoms with Crippen molar-refractivity contribution in [2.24, 2.45) is 0 Å². The van der Waals surface area contributed by atoms with E-state index in [9.17, 15) is 5.11 Å². The highest BCUT2D eigenvalue weighted by atomic mass is 35.5. The van der Waals surface area contributed by atoms with Gasteiger partial charge in [-0.2, -0.15) is 0 Å². The summed E-state index contributed by atoms with van der Waals surface area (Å²) in [7, 11) is 0. The molecule has 104 valence electrons. The zero-order chi connectivity index (χ0) is 13.9. The van der Waals surface area contributed by atoms with E-state index in [4.69, 9.17) is 11.6 Å². The molecular weight excluding hydrogens is 270 g/mol. The quantitative estimate of drug-likeness (QED) is 0.606. The molecule has 0 spiro atoms. The minimum Gasteiger partial charge on any atom is -0.506 e. The van der Waals surface area contributed by atoms with Gasteiger partial charge in [0.15, 0.2) is 0 Å². The van der Waals surface area contributed by atoms with Crippen LogP contribution in [0.1, 0.15) is 36.4 Å². The summed E-state index contributed by atoms with van der Waals surface area (Å²) in [6.07, 6.45) is 4.74. The van der Waals surface area contributed by atoms with Gasteiger partial charge in [0.2, 0.25) is 0 Å². The van der Waals surface area contributed by atoms with Crippen LogP contribution in [0, 0.1) is 0 Å². The van der Waals surface area contributed by atoms with E-state index >= 15 is 0 Å². The number of phenols is 1. The average Bonchev–Trinajstić information content (AvgIpc) is 2.66. The Kier molecular flexibility index (Phi) is 3.83. The molecule has 0 fully saturated rings. The van der Waals surface area contributed by atoms with Crippen LogP contribution in [0.5, 0.6) is 5.75 Å². The summed E-state index contributed by atoms with van der Waals surface area (Å²) in [6.45, 7) is 0. The number of halogens is 1. The molecule has 2 aromatic carbocycles. The van der Waals surface area contributed by atoms with E-state index in [1.807, 2.05) is 6.07 Å². The number of phenolic OH excluding ortho intramolecular Hbond substituents is 1. The summed E-state index contributed by atoms with van der Waals surface area (Å²) in [5, 5.41) is 13.4. The van der Waals surface area contributed by atoms with E-state index in [1.165, 1.54) is 24.0 Å². The summed E-state index contributed by atoms with van der Waals surface area (Å²) in [5.74, 6) is 0.124. The molecule has 1 atom stereocenters. The first-order valence-corrected chi connectivity index (χ1v) is 7.45. The van der Waals surface area contributed by atoms with Gasteiger partial charge < -0.3 is 10.4 Å². The van der Waals surface area contributed by atoms with Crippen molar-refractivity contribution in [1.82, 2.24) is 0 Å². The second-order valence-corrected chi connectivity index (χ2v) is 5.71. The van der Waals surface area contributed by atoms with Crippen molar-refractivity contribution in [2.45, 2.75) is 31.7 Å². The Morgan fingerprint density at radius 2 is 1.95 bits per heavy atom. The first-order chi connectivity index (χ1) is 9.74. The third-order valence-corrected chi connectivity index (χ3v) is 4.21. The summed E-state index contributed by atoms with van der Waals surface area (Å²) in [6, 6.07) is 14.2. The van der Waals surface area contributed by atoms with E-state index in [2.05, 4.69) is 29.6 Å². The number of anilines is 1. The lowest BCUT2D eigenvalue weighted by Crippen LogP contribution is -2.11. The lowest BCUT2D eigenvalue weighted by Gasteiger charge is -2.21. The van der Waals surface area contributed by atoms with Crippen molar-refractivity contribution >= 4 is 17.3 Å². The van der Waals surface area contributed by atoms with Crippen LogP contribution in [0.25, 0.3) is 0 Å². The van der Waals surface area contributed by atoms with Crippen molar-refractivity contribution in [3.05, 3.63) is 58.6 Å². The monoisotopic (exact) mass is 287 g/mol. The van der Waals surface area contributed by atoms with Crippen LogP contribution in [0.15, 0.2) is 42.5 Å². The van der Waals surface area contributed by atoms with Gasteiger partial charge in [0.25, 0.3) is 0 Å². The number of benzene rings is 2. The number of rotatable bonds is 2. The molecular formula is C17H18ClNO. The molecule has 2 N–H and O–H groups in total. The molecule has 2 nitrogen and oxygen atoms in total. The van der Waals surface area contributed by atoms with Crippen LogP contribution >= 0.6 is 11.6 Å². The number of fused-ring (bicyclic) bond motifs is 1. The maximum atomic E-state index is 9.49. The second kappa shape index (κ2) is 5.76. The van der Waals surface area contributed by atoms with Crippen LogP contribution in [0.2, 0.25) is 5.02 Å². The van der Waals surface area contributed by atoms with E-state index in [0.29, 0.717) is 11.1 Å². The van der Waals surface area contributed by atoms with Gasteiger partial charge in [-0.25, -0.2) is 0 Å². The SMILES string of the molecule is Oc1ccc(NC2CCCCc3ccccc32)cc1Cl. The van der Waals surface area contributed by atoms with Crippen LogP contribution in [0.3, 0.4) is 0 Å². The van der Waals surface area contributed by atoms with Gasteiger partial charge in [-0.05, 0) is 48.6 Å². The van der Waals surface area contributed by atoms with Gasteiger partial charge in [-0.15, -0.1) is 0 Å². The van der Waals surface area contributed by atoms with E-state index < -0.39 is 0 Å². The van der Waals surface area contributed by atoms with Crippen molar-refractivity contribution in [1.29, 1.82) is 0 Å². The molecule has 20 heavy (non-hydrogen) atoms. The molecule has 0 radical (unpaired) electrons. The average molecular weight is 288 g/mol. The van der Waals surface area contributed by atoms with Crippen LogP contribution in [0.4, 0.5) is 5.69 Å². The topological polar surface area (TPSA) is 32.3 Å². The molecule has 0 saturated heterocycles. The van der Waals surface area contributed by atoms with E-state index in [-0.39, 0.29) is 5.75 Å². The number of aryl methyl sites for hydroxylation is 1. The molecule has 0 saturated carbocycles. The van der Waals surface area contributed by atoms with Crippen LogP contribution < -0.4 is 5.32 Å². The van der Waals surface area contributed by atoms with Gasteiger partial charge in [0.05, 0.1) is 11.1 Å². The van der Waals surface area contributed by atoms with Crippen LogP contribution in [-0.4, -0.2) is 5.11 Å². The summed E-state index contributed by atoms with van der Waals surface area (Å²) >= 11 is 5.97. The van der Waals surface area contributed by atoms with Crippen molar-refractivity contribution in [2.75, 3.05) is 5.32 Å². The number of hydrogen-bond donors (Lipinski definition) is 2. The third-order valence-electron chi connectivity index (χ3n) is 3.91. The van der Waals surface area contributed by atoms with Gasteiger partial charge >= 0.3 is 0 Å². The highest BCUT2D eigenvalue weighted by Gasteiger charge is 2.18. The molecule has 1 aliphatic rings. The Bertz CT molecular complexity index is 612. The molecule has 0 aliphatic heterocycles. The van der Waals surface area contributed by atoms with Gasteiger partial charge in [0.1, 0.15) is 5.75 Å². The smallest absolute Gasteiger partial charge is 0.134 e. The minimum atomic E-state index is 0.124. The summed E-state index contributed by atoms with van der Waals surface area (Å²) < 4.78 is 0. The highest BCUT2D eigenvalue weighted by molar-refractivity contribution is 6.32. The molecule has 0 amide bonds. The predicted octanol–water partition coefficient (Wildman–Crippen LogP) is 4.93. The zero-order valence-corrected chi connectivity index (χ0v) is 12.0. The summed E-state index contributed by atoms with van der Waals surface area (Å²) in [5.41, 5.74) is 3.77. The van der Waals surface area contributed by atoms with E-state index in [0.717, 1.165) is 18.5 Å². The normalized spacial score (nSPS) is 18.1. The minimum absolute atomic E-state index is 0.124. The molecule has 1 unspecified atom stereocenters. The fourth-order valence-corrected chi connectivity index (χ4v) is 3.05. The zero-order valence-electron chi connectivity index (χ0n) is 11.3. The molecule has 1 aliphatic carbocycles. The predicted molar refractivity (Wildman–Crippen MR) is 83.5 cm³/mol. The van der Waals surface area contributed by atoms with Gasteiger partial charge in [-0.1, -0.05) is 42.3 Å². The van der Waals surface area contributed by atoms with E-state index in [1.54, 1.807) is 12.1 Å². The maximum Gasteiger partial charge on any atom is 0.134 e. The highest BCUT2D eigenvalue weighted by Crippen LogP contribution is 2.33. The standard InChI is InChI=1S/C17H18ClNO/c18-15-11-13(9-10-17(15)20)19-16-8-4-2-6-12-5-1-3-7-14(12)16/h1,3,5,7,9-11,16,19-20H,2,4,6,8H2. The van der Waals surface area contributed by atoms with Gasteiger partial charge in [-0.3, -0.25) is 0 Å². The Hall–Kier alpha value is -1.67. The lowest BCUT2D eigenvalue weighted by molar-refractivity contribution is 0.475. The first-order valence-electron chi connectivity index (χ1n) is 7.07. The number of nitrogens with one attached hydrogen (secondary N) is 1. The first kappa shape index (κ1) is 13.3. The molecule has 2 aromatic rings. The molecule has 0 heterocycles. The number of hydrogen-bond acceptors (Lipinski definition) is 2. The Morgan fingerprint density at radius 1 is 1.10 bits per heavy atom. The van der Waals surface area contributed by atoms with Crippen molar-refractivity contribution in [3.8, 4) is 5.75 Å². The second-order valence-electron chi connectivity index (χ2n) is 5.31. The van der Waals surface area contributed by atoms with Crippen LogP contribution in [-0.2, 0) is 6.42 Å². The maximum absolute atomic E-state index is 9.49. The lowest BCUT2D eigenvalue weighted by atomic mass is 9.99. The largest absolute Gasteiger partial charge is 0.506 e.